The number of carbonyl (C=O) groups is 1. The molecule has 1 aliphatic heterocycles. The maximum absolute atomic E-state index is 10.9. The number of carboxylic acids is 1. The molecule has 128 valence electrons. The first kappa shape index (κ1) is 16.8. The largest absolute Gasteiger partial charge is 0.492 e. The number of anilines is 1. The summed E-state index contributed by atoms with van der Waals surface area (Å²) in [5, 5.41) is 18.5. The Labute approximate surface area is 146 Å². The van der Waals surface area contributed by atoms with E-state index < -0.39 is 5.97 Å². The van der Waals surface area contributed by atoms with Crippen LogP contribution in [0.3, 0.4) is 0 Å². The summed E-state index contributed by atoms with van der Waals surface area (Å²) in [6.07, 6.45) is 4.33. The quantitative estimate of drug-likeness (QED) is 0.872. The molecule has 0 unspecified atom stereocenters. The molecule has 1 N–H and O–H groups in total. The molecule has 1 aliphatic rings. The normalized spacial score (nSPS) is 13.8. The molecule has 1 fully saturated rings. The number of nitriles is 1. The molecule has 0 atom stereocenters. The molecule has 6 nitrogen and oxygen atoms in total. The molecule has 0 bridgehead atoms. The molecule has 0 spiro atoms. The van der Waals surface area contributed by atoms with Crippen LogP contribution in [0.15, 0.2) is 36.7 Å². The molecule has 2 heterocycles. The number of hydrogen-bond acceptors (Lipinski definition) is 5. The third-order valence-corrected chi connectivity index (χ3v) is 4.21. The van der Waals surface area contributed by atoms with Gasteiger partial charge in [0.05, 0.1) is 30.0 Å². The minimum absolute atomic E-state index is 0.359. The van der Waals surface area contributed by atoms with E-state index in [1.54, 1.807) is 12.4 Å². The van der Waals surface area contributed by atoms with Gasteiger partial charge in [0.1, 0.15) is 11.8 Å². The van der Waals surface area contributed by atoms with Crippen LogP contribution in [0.2, 0.25) is 0 Å². The molecule has 0 amide bonds. The number of ether oxygens (including phenoxy) is 1. The van der Waals surface area contributed by atoms with E-state index in [2.05, 4.69) is 11.1 Å². The van der Waals surface area contributed by atoms with Gasteiger partial charge in [-0.15, -0.1) is 0 Å². The average molecular weight is 337 g/mol. The van der Waals surface area contributed by atoms with Gasteiger partial charge in [-0.3, -0.25) is 9.78 Å². The van der Waals surface area contributed by atoms with E-state index in [9.17, 15) is 10.1 Å². The molecule has 25 heavy (non-hydrogen) atoms. The number of benzene rings is 1. The zero-order valence-corrected chi connectivity index (χ0v) is 14.0. The van der Waals surface area contributed by atoms with Gasteiger partial charge >= 0.3 is 5.97 Å². The lowest BCUT2D eigenvalue weighted by Gasteiger charge is -2.39. The summed E-state index contributed by atoms with van der Waals surface area (Å²) in [6, 6.07) is 9.71. The second kappa shape index (κ2) is 7.22. The van der Waals surface area contributed by atoms with Crippen molar-refractivity contribution >= 4 is 11.7 Å². The Hall–Kier alpha value is -3.07. The zero-order chi connectivity index (χ0) is 17.8. The van der Waals surface area contributed by atoms with Crippen LogP contribution in [0.5, 0.6) is 5.75 Å². The molecule has 2 aromatic rings. The molecule has 1 saturated heterocycles. The number of hydrogen-bond donors (Lipinski definition) is 1. The van der Waals surface area contributed by atoms with Crippen molar-refractivity contribution in [3.63, 3.8) is 0 Å². The highest BCUT2D eigenvalue weighted by molar-refractivity contribution is 5.77. The second-order valence-corrected chi connectivity index (χ2v) is 6.04. The van der Waals surface area contributed by atoms with Crippen molar-refractivity contribution in [2.24, 2.45) is 5.92 Å². The summed E-state index contributed by atoms with van der Waals surface area (Å²) < 4.78 is 5.61. The van der Waals surface area contributed by atoms with Gasteiger partial charge in [-0.1, -0.05) is 13.0 Å². The number of rotatable bonds is 6. The molecule has 0 saturated carbocycles. The second-order valence-electron chi connectivity index (χ2n) is 6.04. The molecular formula is C19H19N3O3. The Bertz CT molecular complexity index is 823. The van der Waals surface area contributed by atoms with Crippen molar-refractivity contribution in [2.45, 2.75) is 13.3 Å². The first-order chi connectivity index (χ1) is 12.1. The van der Waals surface area contributed by atoms with E-state index in [1.165, 1.54) is 0 Å². The highest BCUT2D eigenvalue weighted by Crippen LogP contribution is 2.32. The monoisotopic (exact) mass is 337 g/mol. The van der Waals surface area contributed by atoms with Crippen molar-refractivity contribution in [1.82, 2.24) is 4.98 Å². The number of pyridine rings is 1. The Morgan fingerprint density at radius 3 is 2.84 bits per heavy atom. The van der Waals surface area contributed by atoms with E-state index in [1.807, 2.05) is 36.1 Å². The summed E-state index contributed by atoms with van der Waals surface area (Å²) in [5.74, 6) is -0.446. The Balaban J connectivity index is 1.83. The maximum atomic E-state index is 10.9. The van der Waals surface area contributed by atoms with Crippen molar-refractivity contribution in [1.29, 1.82) is 5.26 Å². The lowest BCUT2D eigenvalue weighted by Crippen LogP contribution is -2.50. The highest BCUT2D eigenvalue weighted by atomic mass is 16.5. The van der Waals surface area contributed by atoms with Crippen LogP contribution in [0.25, 0.3) is 11.1 Å². The third kappa shape index (κ3) is 3.56. The number of aromatic nitrogens is 1. The van der Waals surface area contributed by atoms with Crippen LogP contribution in [0.1, 0.15) is 18.9 Å². The van der Waals surface area contributed by atoms with E-state index in [0.717, 1.165) is 23.2 Å². The molecule has 0 radical (unpaired) electrons. The molecule has 0 aliphatic carbocycles. The van der Waals surface area contributed by atoms with Gasteiger partial charge in [0.2, 0.25) is 0 Å². The van der Waals surface area contributed by atoms with Crippen molar-refractivity contribution < 1.29 is 14.6 Å². The van der Waals surface area contributed by atoms with Gasteiger partial charge in [0, 0.05) is 24.8 Å². The van der Waals surface area contributed by atoms with Crippen molar-refractivity contribution in [3.05, 3.63) is 42.2 Å². The predicted molar refractivity (Wildman–Crippen MR) is 93.5 cm³/mol. The Morgan fingerprint density at radius 1 is 1.36 bits per heavy atom. The van der Waals surface area contributed by atoms with Gasteiger partial charge in [0.25, 0.3) is 0 Å². The number of aliphatic carboxylic acids is 1. The lowest BCUT2D eigenvalue weighted by atomic mass is 9.96. The fourth-order valence-electron chi connectivity index (χ4n) is 2.79. The fraction of sp³-hybridized carbons (Fsp3) is 0.316. The smallest absolute Gasteiger partial charge is 0.310 e. The van der Waals surface area contributed by atoms with E-state index in [-0.39, 0.29) is 5.92 Å². The fourth-order valence-corrected chi connectivity index (χ4v) is 2.79. The Kier molecular flexibility index (Phi) is 4.85. The third-order valence-electron chi connectivity index (χ3n) is 4.21. The average Bonchev–Trinajstić information content (AvgIpc) is 2.58. The molecular weight excluding hydrogens is 318 g/mol. The Morgan fingerprint density at radius 2 is 2.16 bits per heavy atom. The summed E-state index contributed by atoms with van der Waals surface area (Å²) in [5.41, 5.74) is 3.06. The summed E-state index contributed by atoms with van der Waals surface area (Å²) in [6.45, 7) is 3.55. The SMILES string of the molecule is CCCOc1cncc(-c2ccc(N3CC(C(=O)O)C3)c(C#N)c2)c1. The summed E-state index contributed by atoms with van der Waals surface area (Å²) in [4.78, 5) is 17.1. The van der Waals surface area contributed by atoms with Crippen molar-refractivity contribution in [3.8, 4) is 22.9 Å². The van der Waals surface area contributed by atoms with Crippen LogP contribution in [0, 0.1) is 17.2 Å². The standard InChI is InChI=1S/C19H19N3O3/c1-2-5-25-17-7-15(9-21-10-17)13-3-4-18(14(6-13)8-20)22-11-16(12-22)19(23)24/h3-4,6-7,9-10,16H,2,5,11-12H2,1H3,(H,23,24). The van der Waals surface area contributed by atoms with Crippen LogP contribution in [0.4, 0.5) is 5.69 Å². The first-order valence-electron chi connectivity index (χ1n) is 8.22. The first-order valence-corrected chi connectivity index (χ1v) is 8.22. The van der Waals surface area contributed by atoms with Gasteiger partial charge in [0.15, 0.2) is 0 Å². The molecule has 1 aromatic carbocycles. The minimum Gasteiger partial charge on any atom is -0.492 e. The number of carboxylic acid groups (broad SMARTS) is 1. The van der Waals surface area contributed by atoms with E-state index in [4.69, 9.17) is 9.84 Å². The predicted octanol–water partition coefficient (Wildman–Crippen LogP) is 2.93. The summed E-state index contributed by atoms with van der Waals surface area (Å²) >= 11 is 0. The van der Waals surface area contributed by atoms with Gasteiger partial charge < -0.3 is 14.7 Å². The van der Waals surface area contributed by atoms with E-state index in [0.29, 0.717) is 31.0 Å². The van der Waals surface area contributed by atoms with Crippen LogP contribution < -0.4 is 9.64 Å². The van der Waals surface area contributed by atoms with Crippen molar-refractivity contribution in [2.75, 3.05) is 24.6 Å². The molecule has 6 heteroatoms. The topological polar surface area (TPSA) is 86.4 Å². The highest BCUT2D eigenvalue weighted by Gasteiger charge is 2.33. The maximum Gasteiger partial charge on any atom is 0.310 e. The lowest BCUT2D eigenvalue weighted by molar-refractivity contribution is -0.142. The van der Waals surface area contributed by atoms with Crippen LogP contribution in [-0.2, 0) is 4.79 Å². The number of nitrogens with zero attached hydrogens (tertiary/aromatic N) is 3. The van der Waals surface area contributed by atoms with Gasteiger partial charge in [-0.25, -0.2) is 0 Å². The van der Waals surface area contributed by atoms with E-state index >= 15 is 0 Å². The van der Waals surface area contributed by atoms with Gasteiger partial charge in [-0.2, -0.15) is 5.26 Å². The minimum atomic E-state index is -0.790. The van der Waals surface area contributed by atoms with Crippen LogP contribution >= 0.6 is 0 Å². The zero-order valence-electron chi connectivity index (χ0n) is 14.0. The molecule has 3 rings (SSSR count). The van der Waals surface area contributed by atoms with Gasteiger partial charge in [-0.05, 0) is 30.2 Å². The van der Waals surface area contributed by atoms with Crippen LogP contribution in [-0.4, -0.2) is 35.8 Å². The summed E-state index contributed by atoms with van der Waals surface area (Å²) in [7, 11) is 0. The molecule has 1 aromatic heterocycles.